The maximum Gasteiger partial charge on any atom is 0.239 e. The van der Waals surface area contributed by atoms with Crippen molar-refractivity contribution in [3.63, 3.8) is 0 Å². The lowest BCUT2D eigenvalue weighted by molar-refractivity contribution is -0.115. The highest BCUT2D eigenvalue weighted by Crippen LogP contribution is 2.21. The van der Waals surface area contributed by atoms with Gasteiger partial charge in [-0.05, 0) is 48.2 Å². The second-order valence-corrected chi connectivity index (χ2v) is 3.94. The molecule has 1 amide bonds. The van der Waals surface area contributed by atoms with Crippen LogP contribution in [0, 0.1) is 0 Å². The number of hydrogen-bond donors (Lipinski definition) is 2. The van der Waals surface area contributed by atoms with Gasteiger partial charge in [-0.1, -0.05) is 0 Å². The average Bonchev–Trinajstić information content (AvgIpc) is 2.42. The minimum absolute atomic E-state index is 0.0511. The Morgan fingerprint density at radius 3 is 2.63 bits per heavy atom. The van der Waals surface area contributed by atoms with E-state index in [0.717, 1.165) is 0 Å². The van der Waals surface area contributed by atoms with Crippen molar-refractivity contribution in [1.82, 2.24) is 9.82 Å². The zero-order valence-electron chi connectivity index (χ0n) is 9.97. The van der Waals surface area contributed by atoms with E-state index in [-0.39, 0.29) is 12.5 Å². The molecule has 0 aliphatic rings. The van der Waals surface area contributed by atoms with Crippen molar-refractivity contribution in [1.29, 1.82) is 0 Å². The fraction of sp³-hybridized carbons (Fsp3) is 0.0769. The number of nitrogens with zero attached hydrogens (tertiary/aromatic N) is 1. The molecule has 1 heterocycles. The van der Waals surface area contributed by atoms with Crippen LogP contribution in [-0.2, 0) is 4.79 Å². The number of nitrogens with one attached hydrogen (secondary N) is 2. The lowest BCUT2D eigenvalue weighted by Gasteiger charge is -2.07. The summed E-state index contributed by atoms with van der Waals surface area (Å²) in [5, 5.41) is 2.68. The van der Waals surface area contributed by atoms with Crippen LogP contribution in [0.2, 0.25) is 0 Å². The van der Waals surface area contributed by atoms with Gasteiger partial charge in [0.2, 0.25) is 5.91 Å². The Kier molecular flexibility index (Phi) is 4.72. The summed E-state index contributed by atoms with van der Waals surface area (Å²) in [7, 11) is 0. The first-order chi connectivity index (χ1) is 9.28. The monoisotopic (exact) mass is 277 g/mol. The average molecular weight is 278 g/mol. The lowest BCUT2D eigenvalue weighted by atomic mass is 10.3. The van der Waals surface area contributed by atoms with Gasteiger partial charge < -0.3 is 10.1 Å². The number of carbonyl (C=O) groups excluding carboxylic acids is 1. The molecule has 0 fully saturated rings. The van der Waals surface area contributed by atoms with Gasteiger partial charge in [-0.2, -0.15) is 0 Å². The van der Waals surface area contributed by atoms with Crippen LogP contribution in [0.4, 0.5) is 5.69 Å². The van der Waals surface area contributed by atoms with Gasteiger partial charge in [0.1, 0.15) is 11.5 Å². The van der Waals surface area contributed by atoms with Crippen LogP contribution in [0.5, 0.6) is 11.5 Å². The molecule has 19 heavy (non-hydrogen) atoms. The van der Waals surface area contributed by atoms with Gasteiger partial charge >= 0.3 is 0 Å². The number of carbonyl (C=O) groups is 1. The molecule has 0 saturated carbocycles. The highest BCUT2D eigenvalue weighted by Gasteiger charge is 2.02. The van der Waals surface area contributed by atoms with E-state index in [0.29, 0.717) is 17.2 Å². The first kappa shape index (κ1) is 13.3. The lowest BCUT2D eigenvalue weighted by Crippen LogP contribution is -2.22. The number of ether oxygens (including phenoxy) is 1. The summed E-state index contributed by atoms with van der Waals surface area (Å²) in [5.41, 5.74) is 0.676. The van der Waals surface area contributed by atoms with Crippen LogP contribution < -0.4 is 14.9 Å². The summed E-state index contributed by atoms with van der Waals surface area (Å²) >= 11 is 5.24. The first-order valence-electron chi connectivity index (χ1n) is 5.59. The molecule has 0 spiro atoms. The molecule has 0 aliphatic carbocycles. The molecule has 0 saturated heterocycles. The van der Waals surface area contributed by atoms with E-state index in [9.17, 15) is 4.79 Å². The minimum atomic E-state index is -0.212. The Balaban J connectivity index is 1.97. The number of benzene rings is 1. The number of anilines is 1. The molecule has 5 nitrogen and oxygen atoms in total. The molecule has 0 bridgehead atoms. The smallest absolute Gasteiger partial charge is 0.239 e. The number of amides is 1. The molecule has 1 aromatic carbocycles. The normalized spacial score (nSPS) is 9.95. The van der Waals surface area contributed by atoms with Crippen LogP contribution >= 0.6 is 11.8 Å². The second kappa shape index (κ2) is 6.72. The zero-order valence-corrected chi connectivity index (χ0v) is 10.7. The van der Waals surface area contributed by atoms with Crippen molar-refractivity contribution in [3.05, 3.63) is 48.8 Å². The van der Waals surface area contributed by atoms with Gasteiger partial charge in [0.25, 0.3) is 0 Å². The summed E-state index contributed by atoms with van der Waals surface area (Å²) in [6.45, 7) is 0.0511. The summed E-state index contributed by atoms with van der Waals surface area (Å²) in [6.07, 6.45) is 3.30. The molecule has 0 aliphatic heterocycles. The molecule has 2 aromatic rings. The van der Waals surface area contributed by atoms with Crippen LogP contribution in [0.25, 0.3) is 0 Å². The summed E-state index contributed by atoms with van der Waals surface area (Å²) in [4.78, 5) is 17.5. The van der Waals surface area contributed by atoms with Crippen LogP contribution in [0.1, 0.15) is 0 Å². The summed E-state index contributed by atoms with van der Waals surface area (Å²) in [6, 6.07) is 10.6. The van der Waals surface area contributed by atoms with Crippen molar-refractivity contribution < 1.29 is 9.53 Å². The van der Waals surface area contributed by atoms with Crippen molar-refractivity contribution in [2.75, 3.05) is 11.9 Å². The third-order valence-corrected chi connectivity index (χ3v) is 2.37. The Morgan fingerprint density at radius 1 is 1.21 bits per heavy atom. The van der Waals surface area contributed by atoms with Gasteiger partial charge in [-0.25, -0.2) is 4.84 Å². The topological polar surface area (TPSA) is 63.2 Å². The van der Waals surface area contributed by atoms with Gasteiger partial charge in [0.15, 0.2) is 0 Å². The molecule has 0 atom stereocenters. The van der Waals surface area contributed by atoms with E-state index in [1.54, 1.807) is 42.7 Å². The number of halogens is 1. The SMILES string of the molecule is O=C(CNCl)Nc1ccc(Oc2cccnc2)cc1. The van der Waals surface area contributed by atoms with Crippen LogP contribution in [0.15, 0.2) is 48.8 Å². The Labute approximate surface area is 115 Å². The fourth-order valence-corrected chi connectivity index (χ4v) is 1.54. The molecule has 98 valence electrons. The Bertz CT molecular complexity index is 531. The van der Waals surface area contributed by atoms with E-state index in [1.165, 1.54) is 0 Å². The zero-order chi connectivity index (χ0) is 13.5. The molecule has 2 rings (SSSR count). The third kappa shape index (κ3) is 4.24. The predicted octanol–water partition coefficient (Wildman–Crippen LogP) is 2.56. The van der Waals surface area contributed by atoms with Crippen molar-refractivity contribution >= 4 is 23.4 Å². The second-order valence-electron chi connectivity index (χ2n) is 3.67. The van der Waals surface area contributed by atoms with Gasteiger partial charge in [-0.3, -0.25) is 9.78 Å². The summed E-state index contributed by atoms with van der Waals surface area (Å²) < 4.78 is 5.58. The van der Waals surface area contributed by atoms with Crippen molar-refractivity contribution in [3.8, 4) is 11.5 Å². The van der Waals surface area contributed by atoms with Crippen molar-refractivity contribution in [2.45, 2.75) is 0 Å². The largest absolute Gasteiger partial charge is 0.456 e. The molecular weight excluding hydrogens is 266 g/mol. The minimum Gasteiger partial charge on any atom is -0.456 e. The van der Waals surface area contributed by atoms with Gasteiger partial charge in [0.05, 0.1) is 12.7 Å². The maximum absolute atomic E-state index is 11.3. The van der Waals surface area contributed by atoms with E-state index < -0.39 is 0 Å². The molecular formula is C13H12ClN3O2. The molecule has 2 N–H and O–H groups in total. The Hall–Kier alpha value is -2.11. The Morgan fingerprint density at radius 2 is 2.00 bits per heavy atom. The number of rotatable bonds is 5. The number of pyridine rings is 1. The van der Waals surface area contributed by atoms with Crippen LogP contribution in [-0.4, -0.2) is 17.4 Å². The highest BCUT2D eigenvalue weighted by molar-refractivity contribution is 6.15. The predicted molar refractivity (Wildman–Crippen MR) is 73.2 cm³/mol. The van der Waals surface area contributed by atoms with Gasteiger partial charge in [-0.15, -0.1) is 0 Å². The fourth-order valence-electron chi connectivity index (χ4n) is 1.42. The maximum atomic E-state index is 11.3. The first-order valence-corrected chi connectivity index (χ1v) is 5.97. The standard InChI is InChI=1S/C13H12ClN3O2/c14-16-9-13(18)17-10-3-5-11(6-4-10)19-12-2-1-7-15-8-12/h1-8,16H,9H2,(H,17,18). The number of hydrogen-bond acceptors (Lipinski definition) is 4. The quantitative estimate of drug-likeness (QED) is 0.825. The van der Waals surface area contributed by atoms with Crippen molar-refractivity contribution in [2.24, 2.45) is 0 Å². The third-order valence-electron chi connectivity index (χ3n) is 2.24. The van der Waals surface area contributed by atoms with E-state index >= 15 is 0 Å². The molecule has 6 heteroatoms. The van der Waals surface area contributed by atoms with E-state index in [4.69, 9.17) is 16.5 Å². The van der Waals surface area contributed by atoms with E-state index in [2.05, 4.69) is 15.1 Å². The van der Waals surface area contributed by atoms with Gasteiger partial charge in [0, 0.05) is 11.9 Å². The molecule has 1 aromatic heterocycles. The molecule has 0 radical (unpaired) electrons. The number of aromatic nitrogens is 1. The highest BCUT2D eigenvalue weighted by atomic mass is 35.5. The van der Waals surface area contributed by atoms with Crippen LogP contribution in [0.3, 0.4) is 0 Å². The summed E-state index contributed by atoms with van der Waals surface area (Å²) in [5.74, 6) is 1.11. The van der Waals surface area contributed by atoms with E-state index in [1.807, 2.05) is 6.07 Å². The molecule has 0 unspecified atom stereocenters.